The molecule has 170 valence electrons. The molecule has 1 atom stereocenters. The van der Waals surface area contributed by atoms with Crippen LogP contribution in [0, 0.1) is 24.5 Å². The van der Waals surface area contributed by atoms with Crippen molar-refractivity contribution in [2.45, 2.75) is 38.0 Å². The van der Waals surface area contributed by atoms with Crippen LogP contribution in [-0.4, -0.2) is 17.4 Å². The van der Waals surface area contributed by atoms with E-state index in [1.807, 2.05) is 37.4 Å². The SMILES string of the molecule is Cc1ccc(CCCCNC(=O)/C=C/[C@@H]2CC2(c2cccc(F)c2)c2cccc(F)c2)cn1. The molecular formula is C28H28F2N2O. The number of rotatable bonds is 9. The Morgan fingerprint density at radius 1 is 1.06 bits per heavy atom. The van der Waals surface area contributed by atoms with Gasteiger partial charge in [-0.15, -0.1) is 0 Å². The fourth-order valence-electron chi connectivity index (χ4n) is 4.46. The molecular weight excluding hydrogens is 418 g/mol. The van der Waals surface area contributed by atoms with Crippen LogP contribution in [0.15, 0.2) is 79.0 Å². The van der Waals surface area contributed by atoms with E-state index in [-0.39, 0.29) is 23.5 Å². The van der Waals surface area contributed by atoms with E-state index in [1.165, 1.54) is 29.8 Å². The first-order valence-electron chi connectivity index (χ1n) is 11.4. The Hall–Kier alpha value is -3.34. The van der Waals surface area contributed by atoms with Crippen LogP contribution in [0.4, 0.5) is 8.78 Å². The molecule has 3 aromatic rings. The Morgan fingerprint density at radius 2 is 1.76 bits per heavy atom. The average molecular weight is 447 g/mol. The molecule has 0 spiro atoms. The van der Waals surface area contributed by atoms with Crippen LogP contribution in [-0.2, 0) is 16.6 Å². The van der Waals surface area contributed by atoms with Gasteiger partial charge in [-0.3, -0.25) is 9.78 Å². The van der Waals surface area contributed by atoms with Crippen LogP contribution >= 0.6 is 0 Å². The standard InChI is InChI=1S/C28H28F2N2O/c1-20-11-12-21(19-32-20)6-2-3-15-31-27(33)14-13-24-18-28(24,22-7-4-9-25(29)16-22)23-8-5-10-26(30)17-23/h4-5,7-14,16-17,19,24H,2-3,6,15,18H2,1H3,(H,31,33)/b14-13+/t24-/m1/s1. The first kappa shape index (κ1) is 22.8. The maximum absolute atomic E-state index is 13.9. The predicted octanol–water partition coefficient (Wildman–Crippen LogP) is 5.67. The van der Waals surface area contributed by atoms with Gasteiger partial charge in [0, 0.05) is 23.9 Å². The van der Waals surface area contributed by atoms with Gasteiger partial charge in [0.25, 0.3) is 0 Å². The fraction of sp³-hybridized carbons (Fsp3) is 0.286. The summed E-state index contributed by atoms with van der Waals surface area (Å²) in [6.07, 6.45) is 8.81. The highest BCUT2D eigenvalue weighted by Crippen LogP contribution is 2.59. The molecule has 5 heteroatoms. The van der Waals surface area contributed by atoms with Crippen LogP contribution in [0.5, 0.6) is 0 Å². The molecule has 1 saturated carbocycles. The molecule has 1 aliphatic carbocycles. The van der Waals surface area contributed by atoms with Crippen LogP contribution in [0.1, 0.15) is 41.6 Å². The molecule has 1 heterocycles. The van der Waals surface area contributed by atoms with Crippen LogP contribution in [0.2, 0.25) is 0 Å². The molecule has 2 aromatic carbocycles. The zero-order valence-electron chi connectivity index (χ0n) is 18.7. The second kappa shape index (κ2) is 10.1. The van der Waals surface area contributed by atoms with E-state index < -0.39 is 5.41 Å². The lowest BCUT2D eigenvalue weighted by Gasteiger charge is -2.18. The van der Waals surface area contributed by atoms with Crippen molar-refractivity contribution in [3.05, 3.63) is 113 Å². The third kappa shape index (κ3) is 5.54. The van der Waals surface area contributed by atoms with E-state index in [9.17, 15) is 13.6 Å². The second-order valence-corrected chi connectivity index (χ2v) is 8.72. The minimum atomic E-state index is -0.511. The van der Waals surface area contributed by atoms with Gasteiger partial charge in [0.1, 0.15) is 11.6 Å². The number of nitrogens with zero attached hydrogens (tertiary/aromatic N) is 1. The summed E-state index contributed by atoms with van der Waals surface area (Å²) >= 11 is 0. The largest absolute Gasteiger partial charge is 0.353 e. The minimum absolute atomic E-state index is 0.000822. The van der Waals surface area contributed by atoms with Gasteiger partial charge >= 0.3 is 0 Å². The summed E-state index contributed by atoms with van der Waals surface area (Å²) in [5.41, 5.74) is 3.30. The van der Waals surface area contributed by atoms with Crippen molar-refractivity contribution < 1.29 is 13.6 Å². The van der Waals surface area contributed by atoms with Crippen molar-refractivity contribution in [3.8, 4) is 0 Å². The zero-order valence-corrected chi connectivity index (χ0v) is 18.7. The van der Waals surface area contributed by atoms with Gasteiger partial charge in [0.2, 0.25) is 5.91 Å². The predicted molar refractivity (Wildman–Crippen MR) is 126 cm³/mol. The number of aromatic nitrogens is 1. The van der Waals surface area contributed by atoms with Crippen molar-refractivity contribution >= 4 is 5.91 Å². The lowest BCUT2D eigenvalue weighted by atomic mass is 9.85. The van der Waals surface area contributed by atoms with E-state index in [1.54, 1.807) is 18.2 Å². The first-order valence-corrected chi connectivity index (χ1v) is 11.4. The van der Waals surface area contributed by atoms with E-state index >= 15 is 0 Å². The molecule has 0 radical (unpaired) electrons. The van der Waals surface area contributed by atoms with Crippen molar-refractivity contribution in [2.75, 3.05) is 6.54 Å². The summed E-state index contributed by atoms with van der Waals surface area (Å²) in [5, 5.41) is 2.92. The summed E-state index contributed by atoms with van der Waals surface area (Å²) in [7, 11) is 0. The normalized spacial score (nSPS) is 16.6. The minimum Gasteiger partial charge on any atom is -0.353 e. The van der Waals surface area contributed by atoms with Crippen molar-refractivity contribution in [1.82, 2.24) is 10.3 Å². The Balaban J connectivity index is 1.33. The Morgan fingerprint density at radius 3 is 2.36 bits per heavy atom. The van der Waals surface area contributed by atoms with Crippen LogP contribution in [0.25, 0.3) is 0 Å². The Kier molecular flexibility index (Phi) is 6.97. The lowest BCUT2D eigenvalue weighted by molar-refractivity contribution is -0.116. The van der Waals surface area contributed by atoms with Crippen molar-refractivity contribution in [1.29, 1.82) is 0 Å². The molecule has 0 unspecified atom stereocenters. The maximum atomic E-state index is 13.9. The summed E-state index contributed by atoms with van der Waals surface area (Å²) in [4.78, 5) is 16.6. The van der Waals surface area contributed by atoms with E-state index in [0.717, 1.165) is 36.1 Å². The Labute approximate surface area is 193 Å². The lowest BCUT2D eigenvalue weighted by Crippen LogP contribution is -2.22. The van der Waals surface area contributed by atoms with E-state index in [2.05, 4.69) is 16.4 Å². The smallest absolute Gasteiger partial charge is 0.243 e. The maximum Gasteiger partial charge on any atom is 0.243 e. The molecule has 0 aliphatic heterocycles. The molecule has 1 aliphatic rings. The first-order chi connectivity index (χ1) is 16.0. The van der Waals surface area contributed by atoms with Gasteiger partial charge in [-0.2, -0.15) is 0 Å². The number of hydrogen-bond acceptors (Lipinski definition) is 2. The molecule has 33 heavy (non-hydrogen) atoms. The number of unbranched alkanes of at least 4 members (excludes halogenated alkanes) is 1. The van der Waals surface area contributed by atoms with Gasteiger partial charge in [0.15, 0.2) is 0 Å². The number of carbonyl (C=O) groups is 1. The highest BCUT2D eigenvalue weighted by molar-refractivity contribution is 5.87. The molecule has 1 amide bonds. The molecule has 3 nitrogen and oxygen atoms in total. The number of pyridine rings is 1. The van der Waals surface area contributed by atoms with Crippen LogP contribution in [0.3, 0.4) is 0 Å². The summed E-state index contributed by atoms with van der Waals surface area (Å²) < 4.78 is 27.9. The van der Waals surface area contributed by atoms with Gasteiger partial charge in [-0.25, -0.2) is 8.78 Å². The Bertz CT molecular complexity index is 1100. The topological polar surface area (TPSA) is 42.0 Å². The van der Waals surface area contributed by atoms with Gasteiger partial charge in [-0.05, 0) is 91.6 Å². The van der Waals surface area contributed by atoms with Gasteiger partial charge in [0.05, 0.1) is 0 Å². The van der Waals surface area contributed by atoms with Crippen molar-refractivity contribution in [2.24, 2.45) is 5.92 Å². The molecule has 1 fully saturated rings. The number of nitrogens with one attached hydrogen (secondary N) is 1. The zero-order chi connectivity index (χ0) is 23.3. The average Bonchev–Trinajstić information content (AvgIpc) is 3.54. The highest BCUT2D eigenvalue weighted by atomic mass is 19.1. The number of amides is 1. The third-order valence-corrected chi connectivity index (χ3v) is 6.34. The monoisotopic (exact) mass is 446 g/mol. The third-order valence-electron chi connectivity index (χ3n) is 6.34. The van der Waals surface area contributed by atoms with Crippen molar-refractivity contribution in [3.63, 3.8) is 0 Å². The van der Waals surface area contributed by atoms with Gasteiger partial charge in [-0.1, -0.05) is 36.4 Å². The fourth-order valence-corrected chi connectivity index (χ4v) is 4.46. The second-order valence-electron chi connectivity index (χ2n) is 8.72. The summed E-state index contributed by atoms with van der Waals surface area (Å²) in [6, 6.07) is 17.0. The molecule has 4 rings (SSSR count). The van der Waals surface area contributed by atoms with Gasteiger partial charge < -0.3 is 5.32 Å². The molecule has 1 aromatic heterocycles. The number of allylic oxidation sites excluding steroid dienone is 1. The van der Waals surface area contributed by atoms with E-state index in [0.29, 0.717) is 13.0 Å². The number of aryl methyl sites for hydroxylation is 2. The number of halogens is 2. The molecule has 0 saturated heterocycles. The quantitative estimate of drug-likeness (QED) is 0.340. The van der Waals surface area contributed by atoms with E-state index in [4.69, 9.17) is 0 Å². The number of carbonyl (C=O) groups excluding carboxylic acids is 1. The summed E-state index contributed by atoms with van der Waals surface area (Å²) in [5.74, 6) is -0.790. The number of benzene rings is 2. The molecule has 1 N–H and O–H groups in total. The molecule has 0 bridgehead atoms. The number of hydrogen-bond donors (Lipinski definition) is 1. The highest BCUT2D eigenvalue weighted by Gasteiger charge is 2.55. The summed E-state index contributed by atoms with van der Waals surface area (Å²) in [6.45, 7) is 2.57. The van der Waals surface area contributed by atoms with Crippen LogP contribution < -0.4 is 5.32 Å².